The summed E-state index contributed by atoms with van der Waals surface area (Å²) in [5.41, 5.74) is 1.12. The van der Waals surface area contributed by atoms with Crippen molar-refractivity contribution < 1.29 is 4.79 Å². The van der Waals surface area contributed by atoms with E-state index < -0.39 is 0 Å². The van der Waals surface area contributed by atoms with E-state index in [4.69, 9.17) is 0 Å². The van der Waals surface area contributed by atoms with Crippen LogP contribution in [0.5, 0.6) is 0 Å². The molecule has 0 aliphatic rings. The molecule has 1 aromatic heterocycles. The van der Waals surface area contributed by atoms with Crippen molar-refractivity contribution in [3.8, 4) is 0 Å². The fourth-order valence-electron chi connectivity index (χ4n) is 1.12. The number of aldehydes is 1. The quantitative estimate of drug-likeness (QED) is 0.630. The Morgan fingerprint density at radius 1 is 1.75 bits per heavy atom. The van der Waals surface area contributed by atoms with E-state index in [9.17, 15) is 4.79 Å². The largest absolute Gasteiger partial charge is 0.335 e. The Hall–Kier alpha value is -1.12. The Morgan fingerprint density at radius 3 is 2.83 bits per heavy atom. The van der Waals surface area contributed by atoms with Crippen LogP contribution in [0.3, 0.4) is 0 Å². The molecule has 0 amide bonds. The lowest BCUT2D eigenvalue weighted by atomic mass is 10.1. The molecule has 1 atom stereocenters. The van der Waals surface area contributed by atoms with Crippen molar-refractivity contribution in [3.05, 3.63) is 17.7 Å². The molecule has 3 heteroatoms. The lowest BCUT2D eigenvalue weighted by Crippen LogP contribution is -2.05. The second kappa shape index (κ2) is 3.52. The second-order valence-electron chi connectivity index (χ2n) is 3.17. The van der Waals surface area contributed by atoms with E-state index in [1.165, 1.54) is 0 Å². The summed E-state index contributed by atoms with van der Waals surface area (Å²) in [7, 11) is 1.97. The van der Waals surface area contributed by atoms with Gasteiger partial charge < -0.3 is 9.36 Å². The molecule has 1 unspecified atom stereocenters. The van der Waals surface area contributed by atoms with Crippen molar-refractivity contribution in [3.63, 3.8) is 0 Å². The van der Waals surface area contributed by atoms with Gasteiger partial charge in [0.05, 0.1) is 0 Å². The Bertz CT molecular complexity index is 278. The Morgan fingerprint density at radius 2 is 2.42 bits per heavy atom. The number of rotatable bonds is 3. The van der Waals surface area contributed by atoms with Crippen molar-refractivity contribution in [2.24, 2.45) is 13.0 Å². The number of hydrogen-bond acceptors (Lipinski definition) is 2. The van der Waals surface area contributed by atoms with E-state index >= 15 is 0 Å². The summed E-state index contributed by atoms with van der Waals surface area (Å²) < 4.78 is 2.01. The van der Waals surface area contributed by atoms with Gasteiger partial charge in [-0.3, -0.25) is 0 Å². The number of nitrogens with zero attached hydrogens (tertiary/aromatic N) is 2. The van der Waals surface area contributed by atoms with Crippen LogP contribution >= 0.6 is 0 Å². The van der Waals surface area contributed by atoms with E-state index in [1.807, 2.05) is 31.7 Å². The van der Waals surface area contributed by atoms with Crippen LogP contribution in [0.25, 0.3) is 0 Å². The van der Waals surface area contributed by atoms with Gasteiger partial charge in [0.1, 0.15) is 12.1 Å². The van der Waals surface area contributed by atoms with Crippen molar-refractivity contribution in [1.29, 1.82) is 0 Å². The summed E-state index contributed by atoms with van der Waals surface area (Å²) in [5.74, 6) is 1.07. The zero-order chi connectivity index (χ0) is 9.14. The average Bonchev–Trinajstić information content (AvgIpc) is 2.36. The molecule has 1 aromatic rings. The van der Waals surface area contributed by atoms with E-state index in [-0.39, 0.29) is 5.92 Å². The molecule has 1 rings (SSSR count). The van der Waals surface area contributed by atoms with Gasteiger partial charge in [-0.25, -0.2) is 4.98 Å². The van der Waals surface area contributed by atoms with Gasteiger partial charge in [0.15, 0.2) is 0 Å². The fourth-order valence-corrected chi connectivity index (χ4v) is 1.12. The predicted octanol–water partition coefficient (Wildman–Crippen LogP) is 1.11. The summed E-state index contributed by atoms with van der Waals surface area (Å²) in [6, 6.07) is 0. The first-order valence-corrected chi connectivity index (χ1v) is 4.07. The van der Waals surface area contributed by atoms with Crippen LogP contribution < -0.4 is 0 Å². The summed E-state index contributed by atoms with van der Waals surface area (Å²) in [4.78, 5) is 14.5. The summed E-state index contributed by atoms with van der Waals surface area (Å²) in [5, 5.41) is 0. The van der Waals surface area contributed by atoms with E-state index in [0.717, 1.165) is 24.2 Å². The number of carbonyl (C=O) groups excluding carboxylic acids is 1. The van der Waals surface area contributed by atoms with Gasteiger partial charge in [-0.1, -0.05) is 6.92 Å². The van der Waals surface area contributed by atoms with E-state index in [2.05, 4.69) is 4.98 Å². The van der Waals surface area contributed by atoms with Crippen LogP contribution in [0.4, 0.5) is 0 Å². The number of carbonyl (C=O) groups is 1. The van der Waals surface area contributed by atoms with Crippen molar-refractivity contribution in [1.82, 2.24) is 9.55 Å². The highest BCUT2D eigenvalue weighted by Gasteiger charge is 2.06. The van der Waals surface area contributed by atoms with Crippen LogP contribution in [0.1, 0.15) is 18.4 Å². The minimum absolute atomic E-state index is 0.0831. The van der Waals surface area contributed by atoms with Gasteiger partial charge in [0.25, 0.3) is 0 Å². The molecule has 66 valence electrons. The molecule has 0 fully saturated rings. The molecule has 0 bridgehead atoms. The standard InChI is InChI=1S/C9H14N2O/c1-7(6-12)4-9-5-10-8(2)11(9)3/h5-7H,4H2,1-3H3. The van der Waals surface area contributed by atoms with Crippen LogP contribution in [0, 0.1) is 12.8 Å². The molecule has 1 heterocycles. The first-order valence-electron chi connectivity index (χ1n) is 4.07. The molecule has 0 radical (unpaired) electrons. The van der Waals surface area contributed by atoms with Crippen molar-refractivity contribution in [2.75, 3.05) is 0 Å². The van der Waals surface area contributed by atoms with Crippen molar-refractivity contribution >= 4 is 6.29 Å². The van der Waals surface area contributed by atoms with E-state index in [0.29, 0.717) is 0 Å². The average molecular weight is 166 g/mol. The number of aryl methyl sites for hydroxylation is 1. The van der Waals surface area contributed by atoms with Crippen LogP contribution in [-0.2, 0) is 18.3 Å². The fraction of sp³-hybridized carbons (Fsp3) is 0.556. The molecule has 3 nitrogen and oxygen atoms in total. The highest BCUT2D eigenvalue weighted by atomic mass is 16.1. The molecular weight excluding hydrogens is 152 g/mol. The topological polar surface area (TPSA) is 34.9 Å². The minimum atomic E-state index is 0.0831. The third-order valence-electron chi connectivity index (χ3n) is 2.08. The molecule has 0 saturated heterocycles. The summed E-state index contributed by atoms with van der Waals surface area (Å²) in [6.45, 7) is 3.87. The third-order valence-corrected chi connectivity index (χ3v) is 2.08. The van der Waals surface area contributed by atoms with Gasteiger partial charge in [-0.15, -0.1) is 0 Å². The maximum Gasteiger partial charge on any atom is 0.123 e. The predicted molar refractivity (Wildman–Crippen MR) is 46.9 cm³/mol. The monoisotopic (exact) mass is 166 g/mol. The lowest BCUT2D eigenvalue weighted by molar-refractivity contribution is -0.110. The Balaban J connectivity index is 2.75. The van der Waals surface area contributed by atoms with Gasteiger partial charge >= 0.3 is 0 Å². The number of hydrogen-bond donors (Lipinski definition) is 0. The maximum absolute atomic E-state index is 10.4. The van der Waals surface area contributed by atoms with Gasteiger partial charge in [0, 0.05) is 24.9 Å². The Labute approximate surface area is 72.4 Å². The molecule has 0 spiro atoms. The van der Waals surface area contributed by atoms with Gasteiger partial charge in [0.2, 0.25) is 0 Å². The van der Waals surface area contributed by atoms with Gasteiger partial charge in [-0.05, 0) is 13.3 Å². The highest BCUT2D eigenvalue weighted by Crippen LogP contribution is 2.07. The first kappa shape index (κ1) is 8.97. The minimum Gasteiger partial charge on any atom is -0.335 e. The number of aromatic nitrogens is 2. The second-order valence-corrected chi connectivity index (χ2v) is 3.17. The van der Waals surface area contributed by atoms with Gasteiger partial charge in [-0.2, -0.15) is 0 Å². The molecule has 0 aliphatic carbocycles. The zero-order valence-corrected chi connectivity index (χ0v) is 7.74. The zero-order valence-electron chi connectivity index (χ0n) is 7.74. The molecule has 12 heavy (non-hydrogen) atoms. The molecule has 0 aromatic carbocycles. The third kappa shape index (κ3) is 1.72. The molecule has 0 aliphatic heterocycles. The maximum atomic E-state index is 10.4. The molecule has 0 saturated carbocycles. The van der Waals surface area contributed by atoms with Crippen LogP contribution in [-0.4, -0.2) is 15.8 Å². The summed E-state index contributed by atoms with van der Waals surface area (Å²) >= 11 is 0. The lowest BCUT2D eigenvalue weighted by Gasteiger charge is -2.04. The van der Waals surface area contributed by atoms with Crippen molar-refractivity contribution in [2.45, 2.75) is 20.3 Å². The molecular formula is C9H14N2O. The molecule has 0 N–H and O–H groups in total. The van der Waals surface area contributed by atoms with E-state index in [1.54, 1.807) is 0 Å². The first-order chi connectivity index (χ1) is 5.65. The smallest absolute Gasteiger partial charge is 0.123 e. The highest BCUT2D eigenvalue weighted by molar-refractivity contribution is 5.53. The SMILES string of the molecule is Cc1ncc(CC(C)C=O)n1C. The summed E-state index contributed by atoms with van der Waals surface area (Å²) in [6.07, 6.45) is 3.58. The van der Waals surface area contributed by atoms with Crippen LogP contribution in [0.2, 0.25) is 0 Å². The number of imidazole rings is 1. The Kier molecular flexibility index (Phi) is 2.63. The van der Waals surface area contributed by atoms with Crippen LogP contribution in [0.15, 0.2) is 6.20 Å². The normalized spacial score (nSPS) is 12.9.